The lowest BCUT2D eigenvalue weighted by Gasteiger charge is -2.14. The molecule has 0 bridgehead atoms. The van der Waals surface area contributed by atoms with Gasteiger partial charge in [0.1, 0.15) is 11.6 Å². The number of allylic oxidation sites excluding steroid dienone is 1. The van der Waals surface area contributed by atoms with Crippen molar-refractivity contribution < 1.29 is 9.90 Å². The van der Waals surface area contributed by atoms with Gasteiger partial charge in [-0.3, -0.25) is 9.79 Å². The van der Waals surface area contributed by atoms with Crippen molar-refractivity contribution in [2.45, 2.75) is 25.8 Å². The van der Waals surface area contributed by atoms with Crippen LogP contribution in [0.25, 0.3) is 0 Å². The highest BCUT2D eigenvalue weighted by Gasteiger charge is 2.22. The second-order valence-electron chi connectivity index (χ2n) is 4.29. The molecule has 0 amide bonds. The molecule has 0 radical (unpaired) electrons. The standard InChI is InChI=1S/C14H16N2O2/c15-14(13-11(17)7-4-8-12(13)18)16-9-10-5-2-1-3-6-10/h1-3,5-6,17H,4,7-9H2,(H2,15,16). The Kier molecular flexibility index (Phi) is 3.77. The fraction of sp³-hybridized carbons (Fsp3) is 0.286. The van der Waals surface area contributed by atoms with Crippen molar-refractivity contribution in [3.05, 3.63) is 47.2 Å². The summed E-state index contributed by atoms with van der Waals surface area (Å²) in [6.07, 6.45) is 1.61. The molecule has 0 atom stereocenters. The summed E-state index contributed by atoms with van der Waals surface area (Å²) >= 11 is 0. The predicted molar refractivity (Wildman–Crippen MR) is 70.3 cm³/mol. The summed E-state index contributed by atoms with van der Waals surface area (Å²) < 4.78 is 0. The van der Waals surface area contributed by atoms with Crippen molar-refractivity contribution in [1.82, 2.24) is 0 Å². The number of hydrogen-bond donors (Lipinski definition) is 2. The molecular weight excluding hydrogens is 228 g/mol. The molecule has 1 aromatic carbocycles. The molecule has 0 unspecified atom stereocenters. The maximum atomic E-state index is 11.7. The number of aliphatic hydroxyl groups excluding tert-OH is 1. The van der Waals surface area contributed by atoms with Gasteiger partial charge in [-0.25, -0.2) is 0 Å². The van der Waals surface area contributed by atoms with E-state index >= 15 is 0 Å². The van der Waals surface area contributed by atoms with Crippen molar-refractivity contribution in [2.24, 2.45) is 10.7 Å². The number of aliphatic hydroxyl groups is 1. The Labute approximate surface area is 106 Å². The Morgan fingerprint density at radius 1 is 1.28 bits per heavy atom. The van der Waals surface area contributed by atoms with Gasteiger partial charge in [0.25, 0.3) is 0 Å². The SMILES string of the molecule is NC(=NCc1ccccc1)C1=C(O)CCCC1=O. The minimum absolute atomic E-state index is 0.0700. The van der Waals surface area contributed by atoms with E-state index in [0.29, 0.717) is 25.8 Å². The predicted octanol–water partition coefficient (Wildman–Crippen LogP) is 2.11. The third-order valence-corrected chi connectivity index (χ3v) is 2.92. The second-order valence-corrected chi connectivity index (χ2v) is 4.29. The van der Waals surface area contributed by atoms with Gasteiger partial charge < -0.3 is 10.8 Å². The quantitative estimate of drug-likeness (QED) is 0.631. The van der Waals surface area contributed by atoms with Gasteiger partial charge in [0.05, 0.1) is 12.1 Å². The molecule has 1 aliphatic carbocycles. The van der Waals surface area contributed by atoms with Crippen molar-refractivity contribution in [3.63, 3.8) is 0 Å². The smallest absolute Gasteiger partial charge is 0.169 e. The average molecular weight is 244 g/mol. The van der Waals surface area contributed by atoms with Crippen LogP contribution >= 0.6 is 0 Å². The Balaban J connectivity index is 2.16. The van der Waals surface area contributed by atoms with Gasteiger partial charge in [0.15, 0.2) is 5.78 Å². The van der Waals surface area contributed by atoms with Gasteiger partial charge in [-0.1, -0.05) is 30.3 Å². The molecule has 0 saturated carbocycles. The number of rotatable bonds is 3. The van der Waals surface area contributed by atoms with E-state index in [9.17, 15) is 9.90 Å². The van der Waals surface area contributed by atoms with E-state index < -0.39 is 0 Å². The van der Waals surface area contributed by atoms with E-state index in [1.165, 1.54) is 0 Å². The fourth-order valence-corrected chi connectivity index (χ4v) is 1.96. The molecule has 0 fully saturated rings. The summed E-state index contributed by atoms with van der Waals surface area (Å²) in [5, 5.41) is 9.70. The number of aliphatic imine (C=N–C) groups is 1. The van der Waals surface area contributed by atoms with Gasteiger partial charge in [0, 0.05) is 12.8 Å². The summed E-state index contributed by atoms with van der Waals surface area (Å²) in [6.45, 7) is 0.413. The Morgan fingerprint density at radius 2 is 2.00 bits per heavy atom. The number of nitrogens with two attached hydrogens (primary N) is 1. The third-order valence-electron chi connectivity index (χ3n) is 2.92. The monoisotopic (exact) mass is 244 g/mol. The van der Waals surface area contributed by atoms with E-state index in [4.69, 9.17) is 5.73 Å². The second kappa shape index (κ2) is 5.49. The van der Waals surface area contributed by atoms with E-state index in [0.717, 1.165) is 5.56 Å². The van der Waals surface area contributed by atoms with Crippen molar-refractivity contribution >= 4 is 11.6 Å². The van der Waals surface area contributed by atoms with Crippen molar-refractivity contribution in [3.8, 4) is 0 Å². The largest absolute Gasteiger partial charge is 0.511 e. The highest BCUT2D eigenvalue weighted by Crippen LogP contribution is 2.20. The summed E-state index contributed by atoms with van der Waals surface area (Å²) in [6, 6.07) is 9.64. The molecule has 0 aromatic heterocycles. The van der Waals surface area contributed by atoms with Crippen LogP contribution in [0.5, 0.6) is 0 Å². The van der Waals surface area contributed by atoms with Crippen LogP contribution in [0.2, 0.25) is 0 Å². The normalized spacial score (nSPS) is 17.1. The number of nitrogens with zero attached hydrogens (tertiary/aromatic N) is 1. The first-order valence-electron chi connectivity index (χ1n) is 5.98. The summed E-state index contributed by atoms with van der Waals surface area (Å²) in [7, 11) is 0. The van der Waals surface area contributed by atoms with Crippen LogP contribution < -0.4 is 5.73 Å². The molecule has 2 rings (SSSR count). The third kappa shape index (κ3) is 2.77. The molecule has 1 aliphatic rings. The number of Topliss-reactive ketones (excluding diaryl/α,β-unsaturated/α-hetero) is 1. The highest BCUT2D eigenvalue weighted by molar-refractivity contribution is 6.21. The molecule has 0 aliphatic heterocycles. The van der Waals surface area contributed by atoms with Gasteiger partial charge in [-0.05, 0) is 12.0 Å². The Morgan fingerprint density at radius 3 is 2.67 bits per heavy atom. The maximum Gasteiger partial charge on any atom is 0.169 e. The van der Waals surface area contributed by atoms with E-state index in [1.54, 1.807) is 0 Å². The molecule has 0 saturated heterocycles. The fourth-order valence-electron chi connectivity index (χ4n) is 1.96. The number of benzene rings is 1. The lowest BCUT2D eigenvalue weighted by molar-refractivity contribution is -0.115. The van der Waals surface area contributed by atoms with Gasteiger partial charge in [0.2, 0.25) is 0 Å². The molecule has 94 valence electrons. The first kappa shape index (κ1) is 12.4. The lowest BCUT2D eigenvalue weighted by Crippen LogP contribution is -2.25. The number of amidine groups is 1. The van der Waals surface area contributed by atoms with Crippen LogP contribution in [0.1, 0.15) is 24.8 Å². The minimum Gasteiger partial charge on any atom is -0.511 e. The van der Waals surface area contributed by atoms with Gasteiger partial charge in [-0.15, -0.1) is 0 Å². The van der Waals surface area contributed by atoms with E-state index in [2.05, 4.69) is 4.99 Å². The van der Waals surface area contributed by atoms with Crippen molar-refractivity contribution in [2.75, 3.05) is 0 Å². The van der Waals surface area contributed by atoms with Crippen LogP contribution in [-0.2, 0) is 11.3 Å². The zero-order chi connectivity index (χ0) is 13.0. The first-order chi connectivity index (χ1) is 8.68. The van der Waals surface area contributed by atoms with E-state index in [1.807, 2.05) is 30.3 Å². The summed E-state index contributed by atoms with van der Waals surface area (Å²) in [5.74, 6) is 0.0923. The molecule has 18 heavy (non-hydrogen) atoms. The van der Waals surface area contributed by atoms with Crippen LogP contribution in [0.4, 0.5) is 0 Å². The molecule has 4 heteroatoms. The number of ketones is 1. The zero-order valence-electron chi connectivity index (χ0n) is 10.1. The summed E-state index contributed by atoms with van der Waals surface area (Å²) in [4.78, 5) is 15.9. The molecule has 3 N–H and O–H groups in total. The van der Waals surface area contributed by atoms with Crippen molar-refractivity contribution in [1.29, 1.82) is 0 Å². The molecule has 1 aromatic rings. The van der Waals surface area contributed by atoms with E-state index in [-0.39, 0.29) is 23.0 Å². The zero-order valence-corrected chi connectivity index (χ0v) is 10.1. The number of carbonyl (C=O) groups is 1. The number of carbonyl (C=O) groups excluding carboxylic acids is 1. The van der Waals surface area contributed by atoms with Crippen LogP contribution in [0.15, 0.2) is 46.7 Å². The van der Waals surface area contributed by atoms with Crippen LogP contribution in [0, 0.1) is 0 Å². The molecule has 4 nitrogen and oxygen atoms in total. The Hall–Kier alpha value is -2.10. The topological polar surface area (TPSA) is 75.7 Å². The van der Waals surface area contributed by atoms with Gasteiger partial charge >= 0.3 is 0 Å². The van der Waals surface area contributed by atoms with Gasteiger partial charge in [-0.2, -0.15) is 0 Å². The minimum atomic E-state index is -0.118. The molecule has 0 spiro atoms. The Bertz CT molecular complexity index is 504. The first-order valence-corrected chi connectivity index (χ1v) is 5.98. The maximum absolute atomic E-state index is 11.7. The van der Waals surface area contributed by atoms with Crippen LogP contribution in [-0.4, -0.2) is 16.7 Å². The lowest BCUT2D eigenvalue weighted by atomic mass is 9.95. The summed E-state index contributed by atoms with van der Waals surface area (Å²) in [5.41, 5.74) is 7.01. The number of hydrogen-bond acceptors (Lipinski definition) is 3. The van der Waals surface area contributed by atoms with Crippen LogP contribution in [0.3, 0.4) is 0 Å². The highest BCUT2D eigenvalue weighted by atomic mass is 16.3. The average Bonchev–Trinajstić information content (AvgIpc) is 2.37. The molecule has 0 heterocycles. The molecular formula is C14H16N2O2.